The van der Waals surface area contributed by atoms with Gasteiger partial charge in [-0.3, -0.25) is 9.68 Å². The van der Waals surface area contributed by atoms with Gasteiger partial charge in [-0.2, -0.15) is 0 Å². The van der Waals surface area contributed by atoms with Crippen LogP contribution in [0.5, 0.6) is 0 Å². The second kappa shape index (κ2) is 2.62. The lowest BCUT2D eigenvalue weighted by molar-refractivity contribution is 0.0911. The normalized spacial score (nSPS) is 23.6. The SMILES string of the molecule is O=C1/N=N\C(=O)O/N=N\O1. The third-order valence-corrected chi connectivity index (χ3v) is 0.484. The zero-order chi connectivity index (χ0) is 7.40. The van der Waals surface area contributed by atoms with Gasteiger partial charge in [-0.05, 0) is 0 Å². The molecule has 8 heteroatoms. The van der Waals surface area contributed by atoms with Gasteiger partial charge in [0.15, 0.2) is 0 Å². The minimum absolute atomic E-state index is 1.12. The summed E-state index contributed by atoms with van der Waals surface area (Å²) in [5, 5.41) is 10.7. The summed E-state index contributed by atoms with van der Waals surface area (Å²) in [4.78, 5) is 27.9. The lowest BCUT2D eigenvalue weighted by Crippen LogP contribution is -1.98. The Labute approximate surface area is 53.5 Å². The Kier molecular flexibility index (Phi) is 1.64. The number of hydrogen-bond acceptors (Lipinski definition) is 6. The van der Waals surface area contributed by atoms with Crippen molar-refractivity contribution < 1.29 is 19.3 Å². The Balaban J connectivity index is 2.68. The quantitative estimate of drug-likeness (QED) is 0.505. The second-order valence-electron chi connectivity index (χ2n) is 1.08. The molecular weight excluding hydrogens is 144 g/mol. The molecule has 0 aromatic carbocycles. The van der Waals surface area contributed by atoms with Gasteiger partial charge in [-0.25, -0.2) is 9.59 Å². The molecule has 0 fully saturated rings. The van der Waals surface area contributed by atoms with E-state index in [0.29, 0.717) is 0 Å². The summed E-state index contributed by atoms with van der Waals surface area (Å²) in [7, 11) is 0. The summed E-state index contributed by atoms with van der Waals surface area (Å²) >= 11 is 0. The fraction of sp³-hybridized carbons (Fsp3) is 0. The average Bonchev–Trinajstić information content (AvgIpc) is 1.90. The van der Waals surface area contributed by atoms with Crippen molar-refractivity contribution in [2.75, 3.05) is 0 Å². The molecule has 0 aliphatic carbocycles. The van der Waals surface area contributed by atoms with E-state index in [1.165, 1.54) is 0 Å². The molecule has 2 amide bonds. The molecule has 0 saturated heterocycles. The summed E-state index contributed by atoms with van der Waals surface area (Å²) in [6.45, 7) is 0. The van der Waals surface area contributed by atoms with Crippen LogP contribution in [0.4, 0.5) is 9.59 Å². The summed E-state index contributed by atoms with van der Waals surface area (Å²) < 4.78 is 0. The Hall–Kier alpha value is -1.86. The number of carbonyl (C=O) groups is 2. The van der Waals surface area contributed by atoms with Gasteiger partial charge in [-0.15, -0.1) is 0 Å². The highest BCUT2D eigenvalue weighted by Crippen LogP contribution is 1.95. The molecule has 0 aromatic rings. The Morgan fingerprint density at radius 1 is 0.900 bits per heavy atom. The highest BCUT2D eigenvalue weighted by atomic mass is 16.8. The van der Waals surface area contributed by atoms with Crippen LogP contribution in [0.2, 0.25) is 0 Å². The number of hydrogen-bond donors (Lipinski definition) is 0. The fourth-order valence-corrected chi connectivity index (χ4v) is 0.221. The first kappa shape index (κ1) is 6.26. The second-order valence-corrected chi connectivity index (χ2v) is 1.08. The van der Waals surface area contributed by atoms with Crippen molar-refractivity contribution >= 4 is 12.2 Å². The maximum Gasteiger partial charge on any atom is 0.480 e. The molecule has 1 aliphatic heterocycles. The largest absolute Gasteiger partial charge is 0.480 e. The molecular formula is C2N4O4. The van der Waals surface area contributed by atoms with Crippen LogP contribution in [0, 0.1) is 0 Å². The standard InChI is InChI=1S/C2N4O4/c7-1-3-4-2(8)10-6-5-9-1/b4-3-,6-5-. The third kappa shape index (κ3) is 1.58. The maximum atomic E-state index is 10.1. The monoisotopic (exact) mass is 144 g/mol. The number of rotatable bonds is 0. The Morgan fingerprint density at radius 2 is 1.30 bits per heavy atom. The van der Waals surface area contributed by atoms with Gasteiger partial charge in [-0.1, -0.05) is 10.2 Å². The molecule has 0 radical (unpaired) electrons. The topological polar surface area (TPSA) is 102 Å². The number of nitrogens with zero attached hydrogens (tertiary/aromatic N) is 4. The lowest BCUT2D eigenvalue weighted by atomic mass is 11.2. The highest BCUT2D eigenvalue weighted by Gasteiger charge is 2.06. The van der Waals surface area contributed by atoms with E-state index in [1.807, 2.05) is 0 Å². The molecule has 10 heavy (non-hydrogen) atoms. The fourth-order valence-electron chi connectivity index (χ4n) is 0.221. The van der Waals surface area contributed by atoms with Crippen molar-refractivity contribution in [2.45, 2.75) is 0 Å². The van der Waals surface area contributed by atoms with Crippen LogP contribution in [-0.2, 0) is 9.68 Å². The van der Waals surface area contributed by atoms with Crippen molar-refractivity contribution in [3.8, 4) is 0 Å². The molecule has 0 aromatic heterocycles. The van der Waals surface area contributed by atoms with Crippen LogP contribution in [0.1, 0.15) is 0 Å². The van der Waals surface area contributed by atoms with E-state index < -0.39 is 12.2 Å². The molecule has 8 nitrogen and oxygen atoms in total. The van der Waals surface area contributed by atoms with Gasteiger partial charge in [0, 0.05) is 0 Å². The molecule has 0 atom stereocenters. The van der Waals surface area contributed by atoms with Crippen LogP contribution in [0.15, 0.2) is 20.8 Å². The molecule has 1 rings (SSSR count). The molecule has 0 spiro atoms. The molecule has 52 valence electrons. The van der Waals surface area contributed by atoms with Crippen LogP contribution >= 0.6 is 0 Å². The Morgan fingerprint density at radius 3 is 1.70 bits per heavy atom. The molecule has 0 bridgehead atoms. The van der Waals surface area contributed by atoms with E-state index >= 15 is 0 Å². The zero-order valence-electron chi connectivity index (χ0n) is 4.42. The van der Waals surface area contributed by atoms with Gasteiger partial charge in [0.05, 0.1) is 10.6 Å². The van der Waals surface area contributed by atoms with Gasteiger partial charge >= 0.3 is 12.2 Å². The van der Waals surface area contributed by atoms with Gasteiger partial charge in [0.2, 0.25) is 0 Å². The maximum absolute atomic E-state index is 10.1. The predicted molar refractivity (Wildman–Crippen MR) is 22.7 cm³/mol. The summed E-state index contributed by atoms with van der Waals surface area (Å²) in [6, 6.07) is 0. The number of azo groups is 1. The van der Waals surface area contributed by atoms with E-state index in [-0.39, 0.29) is 0 Å². The van der Waals surface area contributed by atoms with E-state index in [0.717, 1.165) is 0 Å². The number of carbonyl (C=O) groups excluding carboxylic acids is 2. The van der Waals surface area contributed by atoms with E-state index in [9.17, 15) is 9.59 Å². The molecule has 1 aliphatic rings. The molecule has 0 unspecified atom stereocenters. The highest BCUT2D eigenvalue weighted by molar-refractivity contribution is 5.73. The van der Waals surface area contributed by atoms with Crippen LogP contribution in [0.3, 0.4) is 0 Å². The van der Waals surface area contributed by atoms with Crippen molar-refractivity contribution in [1.29, 1.82) is 0 Å². The molecule has 0 N–H and O–H groups in total. The van der Waals surface area contributed by atoms with Crippen LogP contribution in [0.25, 0.3) is 0 Å². The summed E-state index contributed by atoms with van der Waals surface area (Å²) in [5.74, 6) is 0. The smallest absolute Gasteiger partial charge is 0.273 e. The average molecular weight is 144 g/mol. The summed E-state index contributed by atoms with van der Waals surface area (Å²) in [5.41, 5.74) is 0. The first-order valence-corrected chi connectivity index (χ1v) is 2.03. The van der Waals surface area contributed by atoms with Crippen molar-refractivity contribution in [3.63, 3.8) is 0 Å². The minimum atomic E-state index is -1.12. The van der Waals surface area contributed by atoms with Crippen molar-refractivity contribution in [1.82, 2.24) is 0 Å². The van der Waals surface area contributed by atoms with Crippen molar-refractivity contribution in [2.24, 2.45) is 20.8 Å². The third-order valence-electron chi connectivity index (χ3n) is 0.484. The number of amides is 2. The minimum Gasteiger partial charge on any atom is -0.273 e. The van der Waals surface area contributed by atoms with E-state index in [1.54, 1.807) is 0 Å². The molecule has 0 saturated carbocycles. The van der Waals surface area contributed by atoms with Gasteiger partial charge < -0.3 is 0 Å². The zero-order valence-corrected chi connectivity index (χ0v) is 4.42. The first-order chi connectivity index (χ1) is 4.79. The van der Waals surface area contributed by atoms with E-state index in [4.69, 9.17) is 0 Å². The van der Waals surface area contributed by atoms with E-state index in [2.05, 4.69) is 30.5 Å². The van der Waals surface area contributed by atoms with Gasteiger partial charge in [0.25, 0.3) is 0 Å². The summed E-state index contributed by atoms with van der Waals surface area (Å²) in [6.07, 6.45) is -2.25. The molecule has 1 heterocycles. The lowest BCUT2D eigenvalue weighted by Gasteiger charge is -1.90. The van der Waals surface area contributed by atoms with Crippen LogP contribution in [-0.4, -0.2) is 12.2 Å². The van der Waals surface area contributed by atoms with Gasteiger partial charge in [0.1, 0.15) is 0 Å². The first-order valence-electron chi connectivity index (χ1n) is 2.03. The predicted octanol–water partition coefficient (Wildman–Crippen LogP) is 1.01. The van der Waals surface area contributed by atoms with Crippen LogP contribution < -0.4 is 0 Å². The van der Waals surface area contributed by atoms with Crippen molar-refractivity contribution in [3.05, 3.63) is 0 Å². The Bertz CT molecular complexity index is 197.